The van der Waals surface area contributed by atoms with Crippen molar-refractivity contribution in [3.8, 4) is 0 Å². The molecular weight excluding hydrogens is 284 g/mol. The highest BCUT2D eigenvalue weighted by atomic mass is 79.9. The van der Waals surface area contributed by atoms with Crippen molar-refractivity contribution in [3.05, 3.63) is 19.8 Å². The zero-order chi connectivity index (χ0) is 10.1. The van der Waals surface area contributed by atoms with E-state index in [0.717, 1.165) is 8.66 Å². The van der Waals surface area contributed by atoms with Crippen molar-refractivity contribution in [2.45, 2.75) is 25.7 Å². The van der Waals surface area contributed by atoms with Gasteiger partial charge >= 0.3 is 0 Å². The van der Waals surface area contributed by atoms with E-state index in [2.05, 4.69) is 15.9 Å². The standard InChI is InChI=1S/C10H10BrClOS/c11-10-7(12)5-9(14-10)8(13)4-6-2-1-3-6/h5-6H,1-4H2. The number of thiophene rings is 1. The van der Waals surface area contributed by atoms with Crippen LogP contribution in [0, 0.1) is 5.92 Å². The molecule has 76 valence electrons. The molecule has 1 saturated carbocycles. The first-order chi connectivity index (χ1) is 6.66. The van der Waals surface area contributed by atoms with Crippen molar-refractivity contribution in [2.75, 3.05) is 0 Å². The van der Waals surface area contributed by atoms with Crippen molar-refractivity contribution in [1.29, 1.82) is 0 Å². The van der Waals surface area contributed by atoms with Crippen LogP contribution in [0.15, 0.2) is 9.85 Å². The van der Waals surface area contributed by atoms with Crippen molar-refractivity contribution >= 4 is 44.7 Å². The summed E-state index contributed by atoms with van der Waals surface area (Å²) in [5.74, 6) is 0.870. The fraction of sp³-hybridized carbons (Fsp3) is 0.500. The summed E-state index contributed by atoms with van der Waals surface area (Å²) in [6.07, 6.45) is 4.41. The smallest absolute Gasteiger partial charge is 0.173 e. The second kappa shape index (κ2) is 4.33. The van der Waals surface area contributed by atoms with E-state index in [0.29, 0.717) is 17.4 Å². The van der Waals surface area contributed by atoms with Crippen LogP contribution in [-0.2, 0) is 0 Å². The molecule has 0 spiro atoms. The lowest BCUT2D eigenvalue weighted by Gasteiger charge is -2.23. The average Bonchev–Trinajstić information content (AvgIpc) is 2.40. The predicted octanol–water partition coefficient (Wildman–Crippen LogP) is 4.54. The minimum Gasteiger partial charge on any atom is -0.293 e. The van der Waals surface area contributed by atoms with Crippen LogP contribution in [0.4, 0.5) is 0 Å². The van der Waals surface area contributed by atoms with Crippen LogP contribution in [-0.4, -0.2) is 5.78 Å². The number of ketones is 1. The lowest BCUT2D eigenvalue weighted by atomic mass is 9.82. The molecule has 1 fully saturated rings. The summed E-state index contributed by atoms with van der Waals surface area (Å²) in [5, 5.41) is 0.645. The Labute approximate surface area is 101 Å². The molecule has 1 aliphatic carbocycles. The highest BCUT2D eigenvalue weighted by Gasteiger charge is 2.22. The summed E-state index contributed by atoms with van der Waals surface area (Å²) < 4.78 is 0.858. The quantitative estimate of drug-likeness (QED) is 0.748. The van der Waals surface area contributed by atoms with Gasteiger partial charge in [0.15, 0.2) is 5.78 Å². The molecule has 1 aromatic rings. The van der Waals surface area contributed by atoms with Crippen LogP contribution in [0.25, 0.3) is 0 Å². The Morgan fingerprint density at radius 3 is 2.79 bits per heavy atom. The van der Waals surface area contributed by atoms with E-state index >= 15 is 0 Å². The first-order valence-electron chi connectivity index (χ1n) is 4.65. The number of hydrogen-bond donors (Lipinski definition) is 0. The van der Waals surface area contributed by atoms with Crippen molar-refractivity contribution in [3.63, 3.8) is 0 Å². The highest BCUT2D eigenvalue weighted by Crippen LogP contribution is 2.35. The molecule has 0 saturated heterocycles. The number of halogens is 2. The van der Waals surface area contributed by atoms with E-state index < -0.39 is 0 Å². The van der Waals surface area contributed by atoms with Crippen LogP contribution in [0.5, 0.6) is 0 Å². The Kier molecular flexibility index (Phi) is 3.30. The summed E-state index contributed by atoms with van der Waals surface area (Å²) in [4.78, 5) is 12.5. The summed E-state index contributed by atoms with van der Waals surface area (Å²) in [7, 11) is 0. The molecule has 0 amide bonds. The average molecular weight is 294 g/mol. The topological polar surface area (TPSA) is 17.1 Å². The van der Waals surface area contributed by atoms with Gasteiger partial charge in [-0.25, -0.2) is 0 Å². The van der Waals surface area contributed by atoms with E-state index in [9.17, 15) is 4.79 Å². The molecule has 0 radical (unpaired) electrons. The molecule has 2 rings (SSSR count). The Hall–Kier alpha value is 0.140. The second-order valence-corrected chi connectivity index (χ2v) is 6.43. The fourth-order valence-corrected chi connectivity index (χ4v) is 3.19. The normalized spacial score (nSPS) is 16.7. The maximum absolute atomic E-state index is 11.7. The first-order valence-corrected chi connectivity index (χ1v) is 6.63. The molecule has 1 aromatic heterocycles. The van der Waals surface area contributed by atoms with Crippen LogP contribution in [0.1, 0.15) is 35.4 Å². The van der Waals surface area contributed by atoms with Gasteiger partial charge in [0.2, 0.25) is 0 Å². The van der Waals surface area contributed by atoms with E-state index in [4.69, 9.17) is 11.6 Å². The molecule has 0 aromatic carbocycles. The monoisotopic (exact) mass is 292 g/mol. The molecule has 0 N–H and O–H groups in total. The van der Waals surface area contributed by atoms with Gasteiger partial charge in [-0.1, -0.05) is 30.9 Å². The molecule has 0 aliphatic heterocycles. The second-order valence-electron chi connectivity index (χ2n) is 3.66. The largest absolute Gasteiger partial charge is 0.293 e. The maximum atomic E-state index is 11.7. The third kappa shape index (κ3) is 2.20. The van der Waals surface area contributed by atoms with Crippen molar-refractivity contribution < 1.29 is 4.79 Å². The minimum atomic E-state index is 0.243. The molecule has 14 heavy (non-hydrogen) atoms. The highest BCUT2D eigenvalue weighted by molar-refractivity contribution is 9.11. The Morgan fingerprint density at radius 1 is 1.64 bits per heavy atom. The van der Waals surface area contributed by atoms with Gasteiger partial charge in [-0.15, -0.1) is 11.3 Å². The molecule has 4 heteroatoms. The zero-order valence-electron chi connectivity index (χ0n) is 7.56. The van der Waals surface area contributed by atoms with Gasteiger partial charge in [0.1, 0.15) is 0 Å². The van der Waals surface area contributed by atoms with Gasteiger partial charge in [0.25, 0.3) is 0 Å². The Balaban J connectivity index is 2.02. The van der Waals surface area contributed by atoms with Gasteiger partial charge < -0.3 is 0 Å². The molecule has 1 heterocycles. The minimum absolute atomic E-state index is 0.243. The zero-order valence-corrected chi connectivity index (χ0v) is 10.7. The summed E-state index contributed by atoms with van der Waals surface area (Å²) in [6.45, 7) is 0. The van der Waals surface area contributed by atoms with Crippen LogP contribution < -0.4 is 0 Å². The van der Waals surface area contributed by atoms with Gasteiger partial charge in [-0.05, 0) is 27.9 Å². The van der Waals surface area contributed by atoms with Gasteiger partial charge in [-0.3, -0.25) is 4.79 Å². The lowest BCUT2D eigenvalue weighted by Crippen LogP contribution is -2.15. The first kappa shape index (κ1) is 10.7. The third-order valence-electron chi connectivity index (χ3n) is 2.62. The van der Waals surface area contributed by atoms with Crippen LogP contribution in [0.3, 0.4) is 0 Å². The van der Waals surface area contributed by atoms with E-state index in [1.807, 2.05) is 0 Å². The molecule has 1 nitrogen and oxygen atoms in total. The van der Waals surface area contributed by atoms with Crippen LogP contribution >= 0.6 is 38.9 Å². The maximum Gasteiger partial charge on any atom is 0.173 e. The van der Waals surface area contributed by atoms with E-state index in [1.54, 1.807) is 6.07 Å². The molecule has 0 atom stereocenters. The number of Topliss-reactive ketones (excluding diaryl/α,β-unsaturated/α-hetero) is 1. The Morgan fingerprint density at radius 2 is 2.36 bits per heavy atom. The van der Waals surface area contributed by atoms with E-state index in [1.165, 1.54) is 30.6 Å². The van der Waals surface area contributed by atoms with Gasteiger partial charge in [0.05, 0.1) is 13.7 Å². The van der Waals surface area contributed by atoms with Crippen LogP contribution in [0.2, 0.25) is 5.02 Å². The SMILES string of the molecule is O=C(CC1CCC1)c1cc(Cl)c(Br)s1. The lowest BCUT2D eigenvalue weighted by molar-refractivity contribution is 0.0940. The number of hydrogen-bond acceptors (Lipinski definition) is 2. The molecule has 1 aliphatic rings. The summed E-state index contributed by atoms with van der Waals surface area (Å²) >= 11 is 10.6. The summed E-state index contributed by atoms with van der Waals surface area (Å²) in [6, 6.07) is 1.76. The third-order valence-corrected chi connectivity index (χ3v) is 5.13. The molecule has 0 bridgehead atoms. The molecular formula is C10H10BrClOS. The predicted molar refractivity (Wildman–Crippen MR) is 63.3 cm³/mol. The van der Waals surface area contributed by atoms with E-state index in [-0.39, 0.29) is 5.78 Å². The number of carbonyl (C=O) groups excluding carboxylic acids is 1. The number of carbonyl (C=O) groups is 1. The number of rotatable bonds is 3. The molecule has 0 unspecified atom stereocenters. The van der Waals surface area contributed by atoms with Gasteiger partial charge in [-0.2, -0.15) is 0 Å². The fourth-order valence-electron chi connectivity index (χ4n) is 1.54. The summed E-state index contributed by atoms with van der Waals surface area (Å²) in [5.41, 5.74) is 0. The van der Waals surface area contributed by atoms with Gasteiger partial charge in [0, 0.05) is 6.42 Å². The Bertz CT molecular complexity index is 338. The van der Waals surface area contributed by atoms with Crippen molar-refractivity contribution in [2.24, 2.45) is 5.92 Å². The van der Waals surface area contributed by atoms with Crippen molar-refractivity contribution in [1.82, 2.24) is 0 Å².